The number of aromatic nitrogens is 3. The molecule has 212 valence electrons. The molecule has 11 nitrogen and oxygen atoms in total. The van der Waals surface area contributed by atoms with Crippen LogP contribution in [0.4, 0.5) is 11.6 Å². The van der Waals surface area contributed by atoms with Gasteiger partial charge in [0.1, 0.15) is 24.1 Å². The van der Waals surface area contributed by atoms with Gasteiger partial charge in [-0.15, -0.1) is 0 Å². The van der Waals surface area contributed by atoms with Crippen molar-refractivity contribution in [2.45, 2.75) is 60.9 Å². The van der Waals surface area contributed by atoms with Crippen molar-refractivity contribution in [2.24, 2.45) is 17.1 Å². The maximum atomic E-state index is 10.2. The first-order chi connectivity index (χ1) is 19.0. The largest absolute Gasteiger partial charge is 0.486 e. The van der Waals surface area contributed by atoms with E-state index in [1.807, 2.05) is 12.3 Å². The number of piperidine rings is 1. The number of nitrogens with zero attached hydrogens (tertiary/aromatic N) is 5. The van der Waals surface area contributed by atoms with Crippen LogP contribution in [-0.2, 0) is 20.8 Å². The van der Waals surface area contributed by atoms with Crippen molar-refractivity contribution in [3.63, 3.8) is 0 Å². The molecule has 1 spiro atoms. The van der Waals surface area contributed by atoms with Crippen LogP contribution in [0.15, 0.2) is 28.4 Å². The molecule has 3 fully saturated rings. The Labute approximate surface area is 233 Å². The first kappa shape index (κ1) is 27.0. The predicted octanol–water partition coefficient (Wildman–Crippen LogP) is 2.06. The van der Waals surface area contributed by atoms with Crippen LogP contribution in [0.5, 0.6) is 5.75 Å². The molecule has 2 aromatic heterocycles. The zero-order valence-corrected chi connectivity index (χ0v) is 23.4. The van der Waals surface area contributed by atoms with Crippen LogP contribution < -0.4 is 20.3 Å². The average Bonchev–Trinajstić information content (AvgIpc) is 3.50. The molecule has 0 bridgehead atoms. The topological polar surface area (TPSA) is 128 Å². The van der Waals surface area contributed by atoms with E-state index in [4.69, 9.17) is 34.6 Å². The van der Waals surface area contributed by atoms with Crippen LogP contribution in [0.1, 0.15) is 31.9 Å². The zero-order chi connectivity index (χ0) is 27.0. The third-order valence-electron chi connectivity index (χ3n) is 8.67. The number of anilines is 2. The van der Waals surface area contributed by atoms with Gasteiger partial charge in [-0.05, 0) is 32.3 Å². The van der Waals surface area contributed by atoms with Gasteiger partial charge in [0.25, 0.3) is 0 Å². The Kier molecular flexibility index (Phi) is 7.84. The number of rotatable bonds is 8. The fourth-order valence-electron chi connectivity index (χ4n) is 6.44. The standard InChI is InChI=1S/C27H38N6O5S/c1-17-24(28)27(15-38-17)4-7-32(8-5-27)25-20(12-34)31-22(10-30-25)39-21-3-6-29-26-23(21)37-14-19-9-18(11-33(19)26)13-36-16-35-2/h3,6,10,17-19,24,34H,4-5,7-9,11-16,28H2,1-2H3/t17?,18?,19?,24-/m1/s1. The molecule has 3 N–H and O–H groups in total. The molecule has 12 heteroatoms. The van der Waals surface area contributed by atoms with Gasteiger partial charge in [-0.2, -0.15) is 0 Å². The summed E-state index contributed by atoms with van der Waals surface area (Å²) in [7, 11) is 1.64. The third-order valence-corrected chi connectivity index (χ3v) is 9.61. The highest BCUT2D eigenvalue weighted by Gasteiger charge is 2.48. The van der Waals surface area contributed by atoms with E-state index >= 15 is 0 Å². The second kappa shape index (κ2) is 11.3. The molecule has 3 unspecified atom stereocenters. The lowest BCUT2D eigenvalue weighted by Crippen LogP contribution is -2.51. The quantitative estimate of drug-likeness (QED) is 0.363. The van der Waals surface area contributed by atoms with Crippen LogP contribution in [0.2, 0.25) is 0 Å². The Balaban J connectivity index is 1.15. The summed E-state index contributed by atoms with van der Waals surface area (Å²) >= 11 is 1.49. The minimum Gasteiger partial charge on any atom is -0.486 e. The summed E-state index contributed by atoms with van der Waals surface area (Å²) in [4.78, 5) is 19.7. The monoisotopic (exact) mass is 558 g/mol. The molecule has 39 heavy (non-hydrogen) atoms. The van der Waals surface area contributed by atoms with Crippen molar-refractivity contribution in [3.05, 3.63) is 24.2 Å². The number of hydrogen-bond donors (Lipinski definition) is 2. The number of aliphatic hydroxyl groups excluding tert-OH is 1. The molecule has 0 aliphatic carbocycles. The fraction of sp³-hybridized carbons (Fsp3) is 0.667. The summed E-state index contributed by atoms with van der Waals surface area (Å²) in [6, 6.07) is 2.30. The number of methoxy groups -OCH3 is 1. The lowest BCUT2D eigenvalue weighted by Gasteiger charge is -2.41. The minimum absolute atomic E-state index is 0.0320. The first-order valence-electron chi connectivity index (χ1n) is 13.7. The average molecular weight is 559 g/mol. The molecule has 2 aromatic rings. The Bertz CT molecular complexity index is 1170. The van der Waals surface area contributed by atoms with Gasteiger partial charge in [0.15, 0.2) is 17.4 Å². The lowest BCUT2D eigenvalue weighted by molar-refractivity contribution is -0.0414. The molecule has 0 amide bonds. The van der Waals surface area contributed by atoms with Gasteiger partial charge >= 0.3 is 0 Å². The number of ether oxygens (including phenoxy) is 4. The summed E-state index contributed by atoms with van der Waals surface area (Å²) in [6.07, 6.45) is 6.59. The van der Waals surface area contributed by atoms with Crippen LogP contribution in [0.25, 0.3) is 0 Å². The van der Waals surface area contributed by atoms with Crippen molar-refractivity contribution in [1.29, 1.82) is 0 Å². The van der Waals surface area contributed by atoms with E-state index in [0.29, 0.717) is 42.7 Å². The lowest BCUT2D eigenvalue weighted by atomic mass is 9.73. The number of aliphatic hydroxyl groups is 1. The fourth-order valence-corrected chi connectivity index (χ4v) is 7.30. The van der Waals surface area contributed by atoms with Gasteiger partial charge in [-0.1, -0.05) is 11.8 Å². The SMILES string of the molecule is COCOCC1CC2COc3c(Sc4cnc(N5CCC6(CC5)COC(C)[C@H]6N)c(CO)n4)ccnc3N2C1. The third kappa shape index (κ3) is 5.18. The summed E-state index contributed by atoms with van der Waals surface area (Å²) in [5, 5.41) is 10.9. The van der Waals surface area contributed by atoms with Gasteiger partial charge in [0.2, 0.25) is 0 Å². The summed E-state index contributed by atoms with van der Waals surface area (Å²) in [5.74, 6) is 2.79. The molecule has 6 rings (SSSR count). The van der Waals surface area contributed by atoms with Gasteiger partial charge in [0, 0.05) is 50.3 Å². The maximum absolute atomic E-state index is 10.2. The number of hydrogen-bond acceptors (Lipinski definition) is 12. The van der Waals surface area contributed by atoms with E-state index < -0.39 is 0 Å². The Morgan fingerprint density at radius 2 is 2.10 bits per heavy atom. The van der Waals surface area contributed by atoms with E-state index in [-0.39, 0.29) is 24.2 Å². The predicted molar refractivity (Wildman–Crippen MR) is 146 cm³/mol. The summed E-state index contributed by atoms with van der Waals surface area (Å²) in [6.45, 7) is 6.70. The van der Waals surface area contributed by atoms with Gasteiger partial charge in [-0.25, -0.2) is 15.0 Å². The van der Waals surface area contributed by atoms with Crippen molar-refractivity contribution < 1.29 is 24.1 Å². The summed E-state index contributed by atoms with van der Waals surface area (Å²) < 4.78 is 22.7. The minimum atomic E-state index is -0.176. The molecule has 4 atom stereocenters. The Hall–Kier alpha value is -2.22. The van der Waals surface area contributed by atoms with Crippen LogP contribution in [0, 0.1) is 11.3 Å². The molecule has 0 saturated carbocycles. The number of pyridine rings is 1. The molecule has 4 aliphatic rings. The van der Waals surface area contributed by atoms with Gasteiger partial charge in [-0.3, -0.25) is 0 Å². The molecular formula is C27H38N6O5S. The van der Waals surface area contributed by atoms with Crippen molar-refractivity contribution in [2.75, 3.05) is 63.2 Å². The first-order valence-corrected chi connectivity index (χ1v) is 14.5. The number of nitrogens with two attached hydrogens (primary N) is 1. The smallest absolute Gasteiger partial charge is 0.175 e. The second-order valence-corrected chi connectivity index (χ2v) is 12.2. The van der Waals surface area contributed by atoms with Crippen molar-refractivity contribution in [1.82, 2.24) is 15.0 Å². The normalized spacial score (nSPS) is 27.5. The maximum Gasteiger partial charge on any atom is 0.175 e. The van der Waals surface area contributed by atoms with Crippen molar-refractivity contribution in [3.8, 4) is 5.75 Å². The second-order valence-electron chi connectivity index (χ2n) is 11.1. The molecule has 3 saturated heterocycles. The van der Waals surface area contributed by atoms with Crippen LogP contribution >= 0.6 is 11.8 Å². The van der Waals surface area contributed by atoms with E-state index in [1.54, 1.807) is 13.3 Å². The molecule has 0 radical (unpaired) electrons. The van der Waals surface area contributed by atoms with Gasteiger partial charge in [0.05, 0.1) is 43.1 Å². The van der Waals surface area contributed by atoms with E-state index in [2.05, 4.69) is 21.7 Å². The highest BCUT2D eigenvalue weighted by molar-refractivity contribution is 7.99. The van der Waals surface area contributed by atoms with E-state index in [1.165, 1.54) is 11.8 Å². The molecule has 6 heterocycles. The van der Waals surface area contributed by atoms with Crippen LogP contribution in [0.3, 0.4) is 0 Å². The highest BCUT2D eigenvalue weighted by Crippen LogP contribution is 2.45. The van der Waals surface area contributed by atoms with Crippen molar-refractivity contribution >= 4 is 23.4 Å². The zero-order valence-electron chi connectivity index (χ0n) is 22.6. The molecule has 4 aliphatic heterocycles. The number of fused-ring (bicyclic) bond motifs is 3. The van der Waals surface area contributed by atoms with E-state index in [9.17, 15) is 5.11 Å². The van der Waals surface area contributed by atoms with E-state index in [0.717, 1.165) is 67.8 Å². The van der Waals surface area contributed by atoms with Crippen LogP contribution in [-0.4, -0.2) is 91.6 Å². The highest BCUT2D eigenvalue weighted by atomic mass is 32.2. The summed E-state index contributed by atoms with van der Waals surface area (Å²) in [5.41, 5.74) is 7.10. The molecule has 0 aromatic carbocycles. The Morgan fingerprint density at radius 1 is 1.26 bits per heavy atom. The van der Waals surface area contributed by atoms with Gasteiger partial charge < -0.3 is 39.6 Å². The molecular weight excluding hydrogens is 520 g/mol. The Morgan fingerprint density at radius 3 is 2.85 bits per heavy atom.